The van der Waals surface area contributed by atoms with Crippen LogP contribution < -0.4 is 0 Å². The lowest BCUT2D eigenvalue weighted by molar-refractivity contribution is 0.728. The highest BCUT2D eigenvalue weighted by atomic mass is 13.9. The summed E-state index contributed by atoms with van der Waals surface area (Å²) in [4.78, 5) is 0. The number of allylic oxidation sites excluding steroid dienone is 4. The molecule has 0 aliphatic heterocycles. The van der Waals surface area contributed by atoms with Crippen molar-refractivity contribution in [2.45, 2.75) is 46.5 Å². The Kier molecular flexibility index (Phi) is 8.20. The van der Waals surface area contributed by atoms with Gasteiger partial charge in [-0.05, 0) is 26.2 Å². The normalized spacial score (nSPS) is 12.8. The number of hydrogen-bond donors (Lipinski definition) is 0. The third-order valence-electron chi connectivity index (χ3n) is 1.83. The third-order valence-corrected chi connectivity index (χ3v) is 1.83. The highest BCUT2D eigenvalue weighted by Crippen LogP contribution is 2.04. The topological polar surface area (TPSA) is 0 Å². The summed E-state index contributed by atoms with van der Waals surface area (Å²) in [7, 11) is 0. The second-order valence-corrected chi connectivity index (χ2v) is 3.14. The molecule has 0 rings (SSSR count). The van der Waals surface area contributed by atoms with E-state index in [4.69, 9.17) is 0 Å². The van der Waals surface area contributed by atoms with Crippen LogP contribution >= 0.6 is 0 Å². The van der Waals surface area contributed by atoms with Crippen molar-refractivity contribution in [1.82, 2.24) is 0 Å². The second-order valence-electron chi connectivity index (χ2n) is 3.14. The molecule has 0 atom stereocenters. The predicted octanol–water partition coefficient (Wildman–Crippen LogP) is 4.29. The van der Waals surface area contributed by atoms with Crippen LogP contribution in [0.1, 0.15) is 46.5 Å². The molecule has 0 heterocycles. The van der Waals surface area contributed by atoms with E-state index in [0.717, 1.165) is 0 Å². The van der Waals surface area contributed by atoms with E-state index in [1.807, 2.05) is 6.92 Å². The minimum atomic E-state index is 1.23. The molecule has 0 bridgehead atoms. The highest BCUT2D eigenvalue weighted by Gasteiger charge is 1.84. The first-order chi connectivity index (χ1) is 5.81. The minimum Gasteiger partial charge on any atom is -0.0816 e. The Morgan fingerprint density at radius 2 is 2.00 bits per heavy atom. The van der Waals surface area contributed by atoms with Gasteiger partial charge in [-0.25, -0.2) is 0 Å². The lowest BCUT2D eigenvalue weighted by Gasteiger charge is -1.94. The molecule has 0 fully saturated rings. The minimum absolute atomic E-state index is 1.23. The summed E-state index contributed by atoms with van der Waals surface area (Å²) in [5.74, 6) is 0. The van der Waals surface area contributed by atoms with Crippen molar-refractivity contribution < 1.29 is 0 Å². The van der Waals surface area contributed by atoms with Crippen LogP contribution in [0, 0.1) is 6.42 Å². The van der Waals surface area contributed by atoms with E-state index in [9.17, 15) is 0 Å². The first-order valence-corrected chi connectivity index (χ1v) is 4.94. The molecule has 0 aromatic carbocycles. The molecular weight excluding hydrogens is 144 g/mol. The fraction of sp³-hybridized carbons (Fsp3) is 0.583. The average molecular weight is 165 g/mol. The molecule has 0 nitrogen and oxygen atoms in total. The molecule has 0 aliphatic rings. The van der Waals surface area contributed by atoms with Gasteiger partial charge in [-0.3, -0.25) is 0 Å². The molecule has 0 saturated carbocycles. The van der Waals surface area contributed by atoms with Gasteiger partial charge < -0.3 is 0 Å². The van der Waals surface area contributed by atoms with Gasteiger partial charge in [0.25, 0.3) is 0 Å². The van der Waals surface area contributed by atoms with E-state index in [2.05, 4.69) is 38.5 Å². The lowest BCUT2D eigenvalue weighted by Crippen LogP contribution is -1.73. The van der Waals surface area contributed by atoms with Crippen LogP contribution in [0.3, 0.4) is 0 Å². The Labute approximate surface area is 77.4 Å². The smallest absolute Gasteiger partial charge is 0.0198 e. The van der Waals surface area contributed by atoms with Crippen LogP contribution in [-0.2, 0) is 0 Å². The van der Waals surface area contributed by atoms with Crippen molar-refractivity contribution >= 4 is 0 Å². The van der Waals surface area contributed by atoms with Crippen molar-refractivity contribution in [3.8, 4) is 0 Å². The number of hydrogen-bond acceptors (Lipinski definition) is 0. The molecule has 12 heavy (non-hydrogen) atoms. The summed E-state index contributed by atoms with van der Waals surface area (Å²) in [6.45, 7) is 6.44. The zero-order valence-electron chi connectivity index (χ0n) is 8.64. The lowest BCUT2D eigenvalue weighted by atomic mass is 10.1. The molecule has 0 aliphatic carbocycles. The predicted molar refractivity (Wildman–Crippen MR) is 57.0 cm³/mol. The first-order valence-electron chi connectivity index (χ1n) is 4.94. The van der Waals surface area contributed by atoms with Gasteiger partial charge >= 0.3 is 0 Å². The quantitative estimate of drug-likeness (QED) is 0.407. The van der Waals surface area contributed by atoms with E-state index in [0.29, 0.717) is 0 Å². The summed E-state index contributed by atoms with van der Waals surface area (Å²) in [6.07, 6.45) is 13.8. The van der Waals surface area contributed by atoms with Crippen molar-refractivity contribution in [3.05, 3.63) is 30.2 Å². The Bertz CT molecular complexity index is 140. The van der Waals surface area contributed by atoms with Crippen LogP contribution in [0.2, 0.25) is 0 Å². The van der Waals surface area contributed by atoms with Crippen molar-refractivity contribution in [2.24, 2.45) is 0 Å². The van der Waals surface area contributed by atoms with Crippen LogP contribution in [-0.4, -0.2) is 0 Å². The van der Waals surface area contributed by atoms with Gasteiger partial charge in [-0.15, -0.1) is 0 Å². The van der Waals surface area contributed by atoms with Gasteiger partial charge in [0.05, 0.1) is 0 Å². The Morgan fingerprint density at radius 1 is 1.25 bits per heavy atom. The van der Waals surface area contributed by atoms with E-state index in [1.165, 1.54) is 31.3 Å². The molecule has 0 spiro atoms. The number of rotatable bonds is 6. The van der Waals surface area contributed by atoms with E-state index in [1.54, 1.807) is 0 Å². The van der Waals surface area contributed by atoms with E-state index < -0.39 is 0 Å². The van der Waals surface area contributed by atoms with Gasteiger partial charge in [-0.1, -0.05) is 50.5 Å². The average Bonchev–Trinajstić information content (AvgIpc) is 2.09. The molecule has 69 valence electrons. The van der Waals surface area contributed by atoms with Gasteiger partial charge in [0.1, 0.15) is 0 Å². The monoisotopic (exact) mass is 165 g/mol. The standard InChI is InChI=1S/C12H21/c1-4-6-8-9-11-12(3)10-7-5-2/h5,7,10-11H,4,6,8-9H2,1-3H3. The van der Waals surface area contributed by atoms with Crippen LogP contribution in [0.15, 0.2) is 23.8 Å². The first kappa shape index (κ1) is 11.5. The fourth-order valence-electron chi connectivity index (χ4n) is 1.04. The van der Waals surface area contributed by atoms with Gasteiger partial charge in [0.15, 0.2) is 0 Å². The summed E-state index contributed by atoms with van der Waals surface area (Å²) >= 11 is 0. The zero-order valence-corrected chi connectivity index (χ0v) is 8.64. The van der Waals surface area contributed by atoms with Crippen molar-refractivity contribution in [3.63, 3.8) is 0 Å². The van der Waals surface area contributed by atoms with Crippen LogP contribution in [0.5, 0.6) is 0 Å². The van der Waals surface area contributed by atoms with Crippen molar-refractivity contribution in [2.75, 3.05) is 0 Å². The summed E-state index contributed by atoms with van der Waals surface area (Å²) in [6, 6.07) is 0. The molecular formula is C12H21. The second kappa shape index (κ2) is 8.58. The Balaban J connectivity index is 3.47. The van der Waals surface area contributed by atoms with Gasteiger partial charge in [-0.2, -0.15) is 0 Å². The summed E-state index contributed by atoms with van der Waals surface area (Å²) in [5.41, 5.74) is 1.38. The largest absolute Gasteiger partial charge is 0.0816 e. The summed E-state index contributed by atoms with van der Waals surface area (Å²) < 4.78 is 0. The maximum Gasteiger partial charge on any atom is -0.0198 e. The van der Waals surface area contributed by atoms with Gasteiger partial charge in [0.2, 0.25) is 0 Å². The Morgan fingerprint density at radius 3 is 2.58 bits per heavy atom. The molecule has 0 saturated heterocycles. The van der Waals surface area contributed by atoms with Gasteiger partial charge in [0, 0.05) is 0 Å². The SMILES string of the molecule is C[CH]C=CC(C)=CCCCCC. The molecule has 0 unspecified atom stereocenters. The van der Waals surface area contributed by atoms with Crippen molar-refractivity contribution in [1.29, 1.82) is 0 Å². The molecule has 0 heteroatoms. The third kappa shape index (κ3) is 7.59. The van der Waals surface area contributed by atoms with Crippen LogP contribution in [0.4, 0.5) is 0 Å². The Hall–Kier alpha value is -0.520. The molecule has 1 radical (unpaired) electrons. The maximum absolute atomic E-state index is 2.32. The van der Waals surface area contributed by atoms with Crippen LogP contribution in [0.25, 0.3) is 0 Å². The molecule has 0 aromatic rings. The van der Waals surface area contributed by atoms with E-state index in [-0.39, 0.29) is 0 Å². The zero-order chi connectivity index (χ0) is 9.23. The fourth-order valence-corrected chi connectivity index (χ4v) is 1.04. The molecule has 0 amide bonds. The summed E-state index contributed by atoms with van der Waals surface area (Å²) in [5, 5.41) is 0. The number of unbranched alkanes of at least 4 members (excludes halogenated alkanes) is 3. The molecule has 0 N–H and O–H groups in total. The highest BCUT2D eigenvalue weighted by molar-refractivity contribution is 5.17. The maximum atomic E-state index is 2.32. The molecule has 0 aromatic heterocycles. The van der Waals surface area contributed by atoms with E-state index >= 15 is 0 Å².